The van der Waals surface area contributed by atoms with E-state index in [1.54, 1.807) is 12.1 Å². The predicted molar refractivity (Wildman–Crippen MR) is 76.9 cm³/mol. The average Bonchev–Trinajstić information content (AvgIpc) is 2.83. The van der Waals surface area contributed by atoms with E-state index in [0.29, 0.717) is 5.92 Å². The van der Waals surface area contributed by atoms with Gasteiger partial charge in [0.15, 0.2) is 0 Å². The quantitative estimate of drug-likeness (QED) is 0.706. The number of benzene rings is 1. The molecule has 0 spiro atoms. The maximum atomic E-state index is 12.9. The molecular weight excluding hydrogens is 253 g/mol. The van der Waals surface area contributed by atoms with Gasteiger partial charge in [-0.15, -0.1) is 0 Å². The van der Waals surface area contributed by atoms with Crippen LogP contribution >= 0.6 is 0 Å². The second-order valence-electron chi connectivity index (χ2n) is 5.93. The van der Waals surface area contributed by atoms with Crippen LogP contribution in [0.4, 0.5) is 4.39 Å². The molecule has 20 heavy (non-hydrogen) atoms. The van der Waals surface area contributed by atoms with Gasteiger partial charge in [0.05, 0.1) is 0 Å². The number of aromatic nitrogens is 1. The molecule has 2 nitrogen and oxygen atoms in total. The van der Waals surface area contributed by atoms with Crippen molar-refractivity contribution in [2.75, 3.05) is 0 Å². The summed E-state index contributed by atoms with van der Waals surface area (Å²) >= 11 is 0. The van der Waals surface area contributed by atoms with E-state index in [9.17, 15) is 4.39 Å². The van der Waals surface area contributed by atoms with E-state index in [2.05, 4.69) is 12.1 Å². The third-order valence-electron chi connectivity index (χ3n) is 4.33. The Hall–Kier alpha value is -1.64. The van der Waals surface area contributed by atoms with Crippen molar-refractivity contribution in [3.63, 3.8) is 0 Å². The Morgan fingerprint density at radius 2 is 1.90 bits per heavy atom. The molecule has 1 aromatic heterocycles. The second kappa shape index (κ2) is 5.78. The Balaban J connectivity index is 1.77. The smallest absolute Gasteiger partial charge is 0.140 e. The number of hydrogen-bond acceptors (Lipinski definition) is 2. The van der Waals surface area contributed by atoms with Crippen molar-refractivity contribution in [2.45, 2.75) is 44.9 Å². The molecule has 1 aliphatic carbocycles. The first-order valence-electron chi connectivity index (χ1n) is 7.45. The molecule has 0 radical (unpaired) electrons. The molecule has 1 aliphatic rings. The molecule has 1 unspecified atom stereocenters. The maximum absolute atomic E-state index is 12.9. The molecular formula is C17H20FNO. The highest BCUT2D eigenvalue weighted by Crippen LogP contribution is 2.35. The summed E-state index contributed by atoms with van der Waals surface area (Å²) in [7, 11) is 0. The van der Waals surface area contributed by atoms with Crippen LogP contribution in [0.3, 0.4) is 0 Å². The molecule has 3 heteroatoms. The van der Waals surface area contributed by atoms with Crippen molar-refractivity contribution < 1.29 is 8.91 Å². The summed E-state index contributed by atoms with van der Waals surface area (Å²) < 4.78 is 18.5. The minimum Gasteiger partial charge on any atom is -0.360 e. The van der Waals surface area contributed by atoms with Gasteiger partial charge in [-0.25, -0.2) is 4.39 Å². The number of hydrogen-bond donors (Lipinski definition) is 0. The van der Waals surface area contributed by atoms with Gasteiger partial charge in [0, 0.05) is 17.5 Å². The van der Waals surface area contributed by atoms with Gasteiger partial charge >= 0.3 is 0 Å². The molecule has 0 N–H and O–H groups in total. The molecule has 1 aromatic carbocycles. The van der Waals surface area contributed by atoms with Crippen LogP contribution in [-0.4, -0.2) is 5.16 Å². The molecule has 1 heterocycles. The van der Waals surface area contributed by atoms with Crippen molar-refractivity contribution in [1.29, 1.82) is 0 Å². The summed E-state index contributed by atoms with van der Waals surface area (Å²) in [5.41, 5.74) is 1.71. The Kier molecular flexibility index (Phi) is 3.86. The summed E-state index contributed by atoms with van der Waals surface area (Å²) in [5, 5.41) is 4.14. The van der Waals surface area contributed by atoms with Crippen LogP contribution in [-0.2, 0) is 0 Å². The summed E-state index contributed by atoms with van der Waals surface area (Å²) in [6, 6.07) is 8.42. The van der Waals surface area contributed by atoms with E-state index in [0.717, 1.165) is 22.9 Å². The minimum atomic E-state index is -0.227. The molecule has 0 bridgehead atoms. The van der Waals surface area contributed by atoms with E-state index in [4.69, 9.17) is 4.52 Å². The first-order valence-corrected chi connectivity index (χ1v) is 7.45. The van der Waals surface area contributed by atoms with Crippen LogP contribution in [0, 0.1) is 11.7 Å². The molecule has 3 rings (SSSR count). The minimum absolute atomic E-state index is 0.227. The summed E-state index contributed by atoms with van der Waals surface area (Å²) in [4.78, 5) is 0. The van der Waals surface area contributed by atoms with Crippen LogP contribution < -0.4 is 0 Å². The zero-order valence-corrected chi connectivity index (χ0v) is 11.8. The lowest BCUT2D eigenvalue weighted by Crippen LogP contribution is -1.95. The molecule has 106 valence electrons. The lowest BCUT2D eigenvalue weighted by Gasteiger charge is -2.09. The third-order valence-corrected chi connectivity index (χ3v) is 4.33. The highest BCUT2D eigenvalue weighted by Gasteiger charge is 2.21. The van der Waals surface area contributed by atoms with Crippen molar-refractivity contribution in [2.24, 2.45) is 5.92 Å². The summed E-state index contributed by atoms with van der Waals surface area (Å²) in [6.07, 6.45) is 6.20. The lowest BCUT2D eigenvalue weighted by molar-refractivity contribution is 0.347. The first-order chi connectivity index (χ1) is 9.72. The van der Waals surface area contributed by atoms with E-state index < -0.39 is 0 Å². The average molecular weight is 273 g/mol. The van der Waals surface area contributed by atoms with Gasteiger partial charge in [-0.2, -0.15) is 0 Å². The van der Waals surface area contributed by atoms with E-state index >= 15 is 0 Å². The predicted octanol–water partition coefficient (Wildman–Crippen LogP) is 5.16. The zero-order chi connectivity index (χ0) is 13.9. The fraction of sp³-hybridized carbons (Fsp3) is 0.471. The summed E-state index contributed by atoms with van der Waals surface area (Å²) in [6.45, 7) is 2.33. The SMILES string of the molecule is C[C@@H]1CCCC(c2cc(-c3ccc(F)cc3)no2)CC1. The van der Waals surface area contributed by atoms with Crippen molar-refractivity contribution in [3.8, 4) is 11.3 Å². The zero-order valence-electron chi connectivity index (χ0n) is 11.8. The van der Waals surface area contributed by atoms with Crippen LogP contribution in [0.15, 0.2) is 34.9 Å². The molecule has 2 atom stereocenters. The normalized spacial score (nSPS) is 23.5. The monoisotopic (exact) mass is 273 g/mol. The molecule has 0 saturated heterocycles. The van der Waals surface area contributed by atoms with E-state index in [1.165, 1.54) is 44.2 Å². The number of halogens is 1. The van der Waals surface area contributed by atoms with Crippen LogP contribution in [0.5, 0.6) is 0 Å². The van der Waals surface area contributed by atoms with Gasteiger partial charge in [0.2, 0.25) is 0 Å². The van der Waals surface area contributed by atoms with Crippen LogP contribution in [0.25, 0.3) is 11.3 Å². The van der Waals surface area contributed by atoms with Crippen molar-refractivity contribution in [3.05, 3.63) is 41.9 Å². The Labute approximate surface area is 119 Å². The largest absolute Gasteiger partial charge is 0.360 e. The fourth-order valence-corrected chi connectivity index (χ4v) is 3.01. The van der Waals surface area contributed by atoms with Gasteiger partial charge in [0.25, 0.3) is 0 Å². The molecule has 0 amide bonds. The van der Waals surface area contributed by atoms with Crippen LogP contribution in [0.1, 0.15) is 50.7 Å². The maximum Gasteiger partial charge on any atom is 0.140 e. The molecule has 2 aromatic rings. The van der Waals surface area contributed by atoms with Gasteiger partial charge < -0.3 is 4.52 Å². The fourth-order valence-electron chi connectivity index (χ4n) is 3.01. The standard InChI is InChI=1S/C17H20FNO/c1-12-3-2-4-14(6-5-12)17-11-16(19-20-17)13-7-9-15(18)10-8-13/h7-12,14H,2-6H2,1H3/t12-,14?/m1/s1. The summed E-state index contributed by atoms with van der Waals surface area (Å²) in [5.74, 6) is 2.06. The Morgan fingerprint density at radius 1 is 1.10 bits per heavy atom. The Bertz CT molecular complexity index is 561. The van der Waals surface area contributed by atoms with Gasteiger partial charge in [-0.05, 0) is 43.0 Å². The molecule has 1 saturated carbocycles. The highest BCUT2D eigenvalue weighted by molar-refractivity contribution is 5.58. The molecule has 0 aliphatic heterocycles. The number of nitrogens with zero attached hydrogens (tertiary/aromatic N) is 1. The first kappa shape index (κ1) is 13.3. The van der Waals surface area contributed by atoms with E-state index in [1.807, 2.05) is 6.07 Å². The lowest BCUT2D eigenvalue weighted by atomic mass is 9.96. The highest BCUT2D eigenvalue weighted by atomic mass is 19.1. The Morgan fingerprint density at radius 3 is 2.70 bits per heavy atom. The topological polar surface area (TPSA) is 26.0 Å². The van der Waals surface area contributed by atoms with Gasteiger partial charge in [0.1, 0.15) is 17.3 Å². The van der Waals surface area contributed by atoms with Gasteiger partial charge in [-0.1, -0.05) is 31.3 Å². The van der Waals surface area contributed by atoms with Crippen molar-refractivity contribution >= 4 is 0 Å². The number of rotatable bonds is 2. The van der Waals surface area contributed by atoms with Gasteiger partial charge in [-0.3, -0.25) is 0 Å². The third kappa shape index (κ3) is 2.92. The van der Waals surface area contributed by atoms with E-state index in [-0.39, 0.29) is 5.82 Å². The molecule has 1 fully saturated rings. The van der Waals surface area contributed by atoms with Crippen molar-refractivity contribution in [1.82, 2.24) is 5.16 Å². The second-order valence-corrected chi connectivity index (χ2v) is 5.93. The van der Waals surface area contributed by atoms with Crippen LogP contribution in [0.2, 0.25) is 0 Å².